The van der Waals surface area contributed by atoms with Gasteiger partial charge in [-0.25, -0.2) is 23.2 Å². The van der Waals surface area contributed by atoms with Gasteiger partial charge in [0.1, 0.15) is 17.0 Å². The molecule has 3 aromatic carbocycles. The Bertz CT molecular complexity index is 2170. The lowest BCUT2D eigenvalue weighted by molar-refractivity contribution is 0.0593. The number of carbonyl (C=O) groups excluding carboxylic acids is 1. The lowest BCUT2D eigenvalue weighted by atomic mass is 10.0. The van der Waals surface area contributed by atoms with Crippen LogP contribution in [0.15, 0.2) is 71.6 Å². The van der Waals surface area contributed by atoms with Gasteiger partial charge in [0.15, 0.2) is 11.4 Å². The van der Waals surface area contributed by atoms with Gasteiger partial charge in [-0.05, 0) is 49.7 Å². The van der Waals surface area contributed by atoms with Crippen molar-refractivity contribution in [2.75, 3.05) is 26.1 Å². The lowest BCUT2D eigenvalue weighted by Crippen LogP contribution is -2.14. The average molecular weight is 597 g/mol. The number of methoxy groups -OCH3 is 3. The minimum absolute atomic E-state index is 0.0984. The molecule has 11 heteroatoms. The van der Waals surface area contributed by atoms with Gasteiger partial charge in [-0.15, -0.1) is 0 Å². The number of aromatic amines is 1. The minimum Gasteiger partial charge on any atom is -0.496 e. The zero-order valence-corrected chi connectivity index (χ0v) is 24.9. The number of nitrogens with zero attached hydrogens (tertiary/aromatic N) is 2. The number of benzene rings is 3. The minimum atomic E-state index is -3.97. The predicted molar refractivity (Wildman–Crippen MR) is 166 cm³/mol. The van der Waals surface area contributed by atoms with Crippen molar-refractivity contribution >= 4 is 54.4 Å². The second-order valence-corrected chi connectivity index (χ2v) is 11.7. The highest BCUT2D eigenvalue weighted by Gasteiger charge is 2.25. The van der Waals surface area contributed by atoms with E-state index >= 15 is 0 Å². The zero-order valence-electron chi connectivity index (χ0n) is 24.1. The number of aromatic nitrogens is 3. The SMILES string of the molecule is COC(=O)c1nc(-c2ccc3c(OC)cc(NS(=O)(=O)c4ccc(C)cc4)c(OC)c3n2)c2[nH]c3ccccc3c2c1C. The first-order chi connectivity index (χ1) is 20.7. The maximum Gasteiger partial charge on any atom is 0.356 e. The Morgan fingerprint density at radius 2 is 1.63 bits per heavy atom. The summed E-state index contributed by atoms with van der Waals surface area (Å²) in [5.41, 5.74) is 4.69. The summed E-state index contributed by atoms with van der Waals surface area (Å²) >= 11 is 0. The molecule has 0 aliphatic rings. The first kappa shape index (κ1) is 28.0. The number of ether oxygens (including phenoxy) is 3. The van der Waals surface area contributed by atoms with Crippen molar-refractivity contribution in [1.29, 1.82) is 0 Å². The normalized spacial score (nSPS) is 11.7. The second-order valence-electron chi connectivity index (χ2n) is 10.0. The second kappa shape index (κ2) is 10.6. The Morgan fingerprint density at radius 3 is 2.33 bits per heavy atom. The summed E-state index contributed by atoms with van der Waals surface area (Å²) in [5.74, 6) is 0.0135. The number of hydrogen-bond donors (Lipinski definition) is 2. The van der Waals surface area contributed by atoms with Crippen LogP contribution < -0.4 is 14.2 Å². The van der Waals surface area contributed by atoms with E-state index in [1.165, 1.54) is 33.5 Å². The van der Waals surface area contributed by atoms with Gasteiger partial charge in [-0.3, -0.25) is 4.72 Å². The van der Waals surface area contributed by atoms with Crippen molar-refractivity contribution < 1.29 is 27.4 Å². The number of nitrogens with one attached hydrogen (secondary N) is 2. The number of hydrogen-bond acceptors (Lipinski definition) is 8. The number of rotatable bonds is 7. The highest BCUT2D eigenvalue weighted by molar-refractivity contribution is 7.92. The quantitative estimate of drug-likeness (QED) is 0.210. The van der Waals surface area contributed by atoms with E-state index in [0.29, 0.717) is 39.1 Å². The van der Waals surface area contributed by atoms with Gasteiger partial charge >= 0.3 is 5.97 Å². The molecule has 2 N–H and O–H groups in total. The van der Waals surface area contributed by atoms with Crippen LogP contribution in [-0.4, -0.2) is 50.7 Å². The number of pyridine rings is 2. The molecule has 0 fully saturated rings. The van der Waals surface area contributed by atoms with E-state index in [9.17, 15) is 13.2 Å². The van der Waals surface area contributed by atoms with Gasteiger partial charge in [0.2, 0.25) is 0 Å². The van der Waals surface area contributed by atoms with Gasteiger partial charge in [-0.1, -0.05) is 35.9 Å². The third kappa shape index (κ3) is 4.67. The van der Waals surface area contributed by atoms with Crippen LogP contribution in [0.5, 0.6) is 11.5 Å². The number of para-hydroxylation sites is 1. The van der Waals surface area contributed by atoms with Crippen LogP contribution in [0.2, 0.25) is 0 Å². The number of aryl methyl sites for hydroxylation is 2. The van der Waals surface area contributed by atoms with E-state index in [1.807, 2.05) is 38.1 Å². The number of H-pyrrole nitrogens is 1. The fourth-order valence-electron chi connectivity index (χ4n) is 5.30. The first-order valence-corrected chi connectivity index (χ1v) is 14.8. The van der Waals surface area contributed by atoms with Crippen LogP contribution in [0.25, 0.3) is 44.1 Å². The van der Waals surface area contributed by atoms with Gasteiger partial charge in [0.25, 0.3) is 10.0 Å². The van der Waals surface area contributed by atoms with Crippen molar-refractivity contribution in [3.63, 3.8) is 0 Å². The number of carbonyl (C=O) groups is 1. The van der Waals surface area contributed by atoms with Crippen LogP contribution in [0, 0.1) is 13.8 Å². The average Bonchev–Trinajstić information content (AvgIpc) is 3.40. The van der Waals surface area contributed by atoms with E-state index in [0.717, 1.165) is 21.9 Å². The Hall–Kier alpha value is -5.16. The van der Waals surface area contributed by atoms with Crippen LogP contribution in [0.1, 0.15) is 21.6 Å². The van der Waals surface area contributed by atoms with E-state index < -0.39 is 16.0 Å². The predicted octanol–water partition coefficient (Wildman–Crippen LogP) is 6.15. The van der Waals surface area contributed by atoms with Crippen molar-refractivity contribution in [2.45, 2.75) is 18.7 Å². The van der Waals surface area contributed by atoms with Gasteiger partial charge < -0.3 is 19.2 Å². The molecule has 3 heterocycles. The number of fused-ring (bicyclic) bond motifs is 4. The van der Waals surface area contributed by atoms with Crippen molar-refractivity contribution in [3.05, 3.63) is 83.6 Å². The number of sulfonamides is 1. The molecule has 0 bridgehead atoms. The Labute approximate surface area is 247 Å². The number of anilines is 1. The summed E-state index contributed by atoms with van der Waals surface area (Å²) in [5, 5.41) is 2.35. The third-order valence-corrected chi connectivity index (χ3v) is 8.79. The largest absolute Gasteiger partial charge is 0.496 e. The summed E-state index contributed by atoms with van der Waals surface area (Å²) in [6.07, 6.45) is 0. The molecule has 0 spiro atoms. The molecule has 0 aliphatic heterocycles. The van der Waals surface area contributed by atoms with Crippen LogP contribution in [-0.2, 0) is 14.8 Å². The molecule has 0 amide bonds. The standard InChI is InChI=1S/C32H28N4O6S/c1-17-10-12-19(13-11-17)43(38,39)36-24-16-25(40-3)21-14-15-23(34-28(21)31(24)41-4)29-30-26(18(2)27(35-29)32(37)42-5)20-8-6-7-9-22(20)33-30/h6-16,33,36H,1-5H3. The molecule has 0 atom stereocenters. The maximum atomic E-state index is 13.3. The van der Waals surface area contributed by atoms with E-state index in [-0.39, 0.29) is 22.0 Å². The third-order valence-electron chi connectivity index (χ3n) is 7.41. The molecule has 0 aliphatic carbocycles. The highest BCUT2D eigenvalue weighted by Crippen LogP contribution is 2.42. The summed E-state index contributed by atoms with van der Waals surface area (Å²) in [6, 6.07) is 19.4. The topological polar surface area (TPSA) is 132 Å². The van der Waals surface area contributed by atoms with Gasteiger partial charge in [0.05, 0.1) is 43.1 Å². The molecule has 10 nitrogen and oxygen atoms in total. The monoisotopic (exact) mass is 596 g/mol. The van der Waals surface area contributed by atoms with Crippen LogP contribution in [0.4, 0.5) is 5.69 Å². The van der Waals surface area contributed by atoms with E-state index in [4.69, 9.17) is 24.2 Å². The summed E-state index contributed by atoms with van der Waals surface area (Å²) < 4.78 is 45.7. The smallest absolute Gasteiger partial charge is 0.356 e. The number of esters is 1. The molecule has 0 saturated carbocycles. The molecular formula is C32H28N4O6S. The van der Waals surface area contributed by atoms with Crippen molar-refractivity contribution in [3.8, 4) is 22.9 Å². The molecule has 43 heavy (non-hydrogen) atoms. The van der Waals surface area contributed by atoms with Gasteiger partial charge in [0, 0.05) is 27.7 Å². The summed E-state index contributed by atoms with van der Waals surface area (Å²) in [4.78, 5) is 26.0. The fourth-order valence-corrected chi connectivity index (χ4v) is 6.35. The lowest BCUT2D eigenvalue weighted by Gasteiger charge is -2.17. The summed E-state index contributed by atoms with van der Waals surface area (Å²) in [6.45, 7) is 3.71. The molecule has 6 aromatic rings. The van der Waals surface area contributed by atoms with E-state index in [2.05, 4.69) is 9.71 Å². The van der Waals surface area contributed by atoms with Gasteiger partial charge in [-0.2, -0.15) is 0 Å². The fraction of sp³-hybridized carbons (Fsp3) is 0.156. The Morgan fingerprint density at radius 1 is 0.884 bits per heavy atom. The maximum absolute atomic E-state index is 13.3. The van der Waals surface area contributed by atoms with Crippen molar-refractivity contribution in [1.82, 2.24) is 15.0 Å². The molecule has 6 rings (SSSR count). The highest BCUT2D eigenvalue weighted by atomic mass is 32.2. The molecule has 0 radical (unpaired) electrons. The summed E-state index contributed by atoms with van der Waals surface area (Å²) in [7, 11) is 0.276. The Kier molecular flexibility index (Phi) is 6.89. The Balaban J connectivity index is 1.60. The van der Waals surface area contributed by atoms with Crippen LogP contribution >= 0.6 is 0 Å². The molecule has 218 valence electrons. The molecule has 0 saturated heterocycles. The van der Waals surface area contributed by atoms with E-state index in [1.54, 1.807) is 30.3 Å². The first-order valence-electron chi connectivity index (χ1n) is 13.3. The molecule has 0 unspecified atom stereocenters. The van der Waals surface area contributed by atoms with Crippen LogP contribution in [0.3, 0.4) is 0 Å². The molecule has 3 aromatic heterocycles. The van der Waals surface area contributed by atoms with Crippen molar-refractivity contribution in [2.24, 2.45) is 0 Å². The molecular weight excluding hydrogens is 568 g/mol. The zero-order chi connectivity index (χ0) is 30.5.